The van der Waals surface area contributed by atoms with Gasteiger partial charge in [-0.15, -0.1) is 0 Å². The van der Waals surface area contributed by atoms with E-state index in [9.17, 15) is 0 Å². The first-order valence-electron chi connectivity index (χ1n) is 4.84. The average molecular weight is 202 g/mol. The van der Waals surface area contributed by atoms with Crippen molar-refractivity contribution in [3.05, 3.63) is 29.5 Å². The lowest BCUT2D eigenvalue weighted by Gasteiger charge is -2.10. The molecule has 1 heterocycles. The van der Waals surface area contributed by atoms with Crippen LogP contribution in [-0.4, -0.2) is 12.1 Å². The predicted molar refractivity (Wildman–Crippen MR) is 62.2 cm³/mol. The van der Waals surface area contributed by atoms with Crippen LogP contribution in [0.25, 0.3) is 10.9 Å². The number of nitrogens with zero attached hydrogens (tertiary/aromatic N) is 1. The second-order valence-electron chi connectivity index (χ2n) is 3.64. The summed E-state index contributed by atoms with van der Waals surface area (Å²) in [6.45, 7) is 3.97. The highest BCUT2D eigenvalue weighted by Gasteiger charge is 2.08. The van der Waals surface area contributed by atoms with Gasteiger partial charge in [0.1, 0.15) is 5.75 Å². The molecule has 0 atom stereocenters. The summed E-state index contributed by atoms with van der Waals surface area (Å²) >= 11 is 0. The Morgan fingerprint density at radius 2 is 2.00 bits per heavy atom. The molecule has 0 radical (unpaired) electrons. The summed E-state index contributed by atoms with van der Waals surface area (Å²) in [5.41, 5.74) is 9.49. The van der Waals surface area contributed by atoms with E-state index < -0.39 is 0 Å². The zero-order chi connectivity index (χ0) is 11.0. The number of aryl methyl sites for hydroxylation is 2. The third-order valence-corrected chi connectivity index (χ3v) is 2.59. The summed E-state index contributed by atoms with van der Waals surface area (Å²) in [7, 11) is 1.65. The molecule has 0 saturated heterocycles. The molecular weight excluding hydrogens is 188 g/mol. The van der Waals surface area contributed by atoms with E-state index in [4.69, 9.17) is 10.5 Å². The van der Waals surface area contributed by atoms with Crippen LogP contribution in [0.15, 0.2) is 18.2 Å². The van der Waals surface area contributed by atoms with Crippen LogP contribution in [0.4, 0.5) is 5.69 Å². The summed E-state index contributed by atoms with van der Waals surface area (Å²) in [6, 6.07) is 5.84. The average Bonchev–Trinajstić information content (AvgIpc) is 2.23. The van der Waals surface area contributed by atoms with Crippen LogP contribution in [0.5, 0.6) is 5.75 Å². The second-order valence-corrected chi connectivity index (χ2v) is 3.64. The molecule has 0 aliphatic rings. The Labute approximate surface area is 88.9 Å². The molecular formula is C12H14N2O. The Kier molecular flexibility index (Phi) is 2.23. The van der Waals surface area contributed by atoms with Crippen LogP contribution >= 0.6 is 0 Å². The van der Waals surface area contributed by atoms with Gasteiger partial charge in [0.05, 0.1) is 18.3 Å². The number of aromatic nitrogens is 1. The van der Waals surface area contributed by atoms with Gasteiger partial charge in [0, 0.05) is 22.7 Å². The van der Waals surface area contributed by atoms with Crippen molar-refractivity contribution in [2.45, 2.75) is 13.8 Å². The maximum Gasteiger partial charge on any atom is 0.124 e. The van der Waals surface area contributed by atoms with Gasteiger partial charge in [0.15, 0.2) is 0 Å². The Balaban J connectivity index is 2.87. The zero-order valence-corrected chi connectivity index (χ0v) is 9.16. The summed E-state index contributed by atoms with van der Waals surface area (Å²) < 4.78 is 5.26. The molecule has 0 spiro atoms. The summed E-state index contributed by atoms with van der Waals surface area (Å²) in [6.07, 6.45) is 0. The van der Waals surface area contributed by atoms with Crippen molar-refractivity contribution in [1.82, 2.24) is 4.98 Å². The highest BCUT2D eigenvalue weighted by Crippen LogP contribution is 2.30. The number of benzene rings is 1. The molecule has 3 nitrogen and oxygen atoms in total. The fourth-order valence-electron chi connectivity index (χ4n) is 1.74. The summed E-state index contributed by atoms with van der Waals surface area (Å²) in [4.78, 5) is 4.43. The quantitative estimate of drug-likeness (QED) is 0.722. The van der Waals surface area contributed by atoms with E-state index in [-0.39, 0.29) is 0 Å². The van der Waals surface area contributed by atoms with Crippen LogP contribution in [0.1, 0.15) is 11.3 Å². The van der Waals surface area contributed by atoms with Gasteiger partial charge in [-0.25, -0.2) is 0 Å². The van der Waals surface area contributed by atoms with Crippen molar-refractivity contribution in [1.29, 1.82) is 0 Å². The fraction of sp³-hybridized carbons (Fsp3) is 0.250. The molecule has 1 aromatic heterocycles. The van der Waals surface area contributed by atoms with Gasteiger partial charge in [-0.05, 0) is 19.9 Å². The molecule has 15 heavy (non-hydrogen) atoms. The predicted octanol–water partition coefficient (Wildman–Crippen LogP) is 2.44. The van der Waals surface area contributed by atoms with Gasteiger partial charge in [0.25, 0.3) is 0 Å². The highest BCUT2D eigenvalue weighted by atomic mass is 16.5. The van der Waals surface area contributed by atoms with Crippen molar-refractivity contribution in [3.63, 3.8) is 0 Å². The normalized spacial score (nSPS) is 10.6. The maximum absolute atomic E-state index is 5.93. The fourth-order valence-corrected chi connectivity index (χ4v) is 1.74. The molecule has 2 N–H and O–H groups in total. The first-order valence-corrected chi connectivity index (χ1v) is 4.84. The molecule has 0 saturated carbocycles. The molecule has 2 aromatic rings. The molecule has 0 aliphatic heterocycles. The Morgan fingerprint density at radius 1 is 1.27 bits per heavy atom. The van der Waals surface area contributed by atoms with Crippen molar-refractivity contribution in [2.75, 3.05) is 12.8 Å². The molecule has 0 fully saturated rings. The Morgan fingerprint density at radius 3 is 2.67 bits per heavy atom. The van der Waals surface area contributed by atoms with E-state index in [1.807, 2.05) is 32.0 Å². The highest BCUT2D eigenvalue weighted by molar-refractivity contribution is 5.93. The lowest BCUT2D eigenvalue weighted by atomic mass is 10.1. The van der Waals surface area contributed by atoms with Crippen LogP contribution < -0.4 is 10.5 Å². The minimum Gasteiger partial charge on any atom is -0.496 e. The smallest absolute Gasteiger partial charge is 0.124 e. The topological polar surface area (TPSA) is 48.1 Å². The standard InChI is InChI=1S/C12H14N2O/c1-7-4-5-9-8(2)11(15-3)6-10(13)12(9)14-7/h4-6H,13H2,1-3H3. The van der Waals surface area contributed by atoms with Gasteiger partial charge in [-0.3, -0.25) is 4.98 Å². The SMILES string of the molecule is COc1cc(N)c2nc(C)ccc2c1C. The van der Waals surface area contributed by atoms with Crippen molar-refractivity contribution < 1.29 is 4.74 Å². The second kappa shape index (κ2) is 3.42. The molecule has 2 rings (SSSR count). The number of hydrogen-bond donors (Lipinski definition) is 1. The summed E-state index contributed by atoms with van der Waals surface area (Å²) in [5.74, 6) is 0.811. The van der Waals surface area contributed by atoms with Crippen LogP contribution in [-0.2, 0) is 0 Å². The van der Waals surface area contributed by atoms with Crippen molar-refractivity contribution in [3.8, 4) is 5.75 Å². The number of ether oxygens (including phenoxy) is 1. The van der Waals surface area contributed by atoms with Crippen LogP contribution in [0.3, 0.4) is 0 Å². The van der Waals surface area contributed by atoms with Crippen LogP contribution in [0, 0.1) is 13.8 Å². The van der Waals surface area contributed by atoms with Gasteiger partial charge in [-0.1, -0.05) is 6.07 Å². The number of rotatable bonds is 1. The molecule has 78 valence electrons. The Bertz CT molecular complexity index is 521. The molecule has 0 amide bonds. The first kappa shape index (κ1) is 9.77. The van der Waals surface area contributed by atoms with Crippen molar-refractivity contribution >= 4 is 16.6 Å². The van der Waals surface area contributed by atoms with E-state index in [2.05, 4.69) is 4.98 Å². The van der Waals surface area contributed by atoms with E-state index in [1.54, 1.807) is 7.11 Å². The molecule has 0 unspecified atom stereocenters. The van der Waals surface area contributed by atoms with E-state index >= 15 is 0 Å². The number of anilines is 1. The molecule has 3 heteroatoms. The van der Waals surface area contributed by atoms with Crippen LogP contribution in [0.2, 0.25) is 0 Å². The molecule has 1 aromatic carbocycles. The third kappa shape index (κ3) is 1.50. The lowest BCUT2D eigenvalue weighted by Crippen LogP contribution is -1.96. The van der Waals surface area contributed by atoms with Gasteiger partial charge < -0.3 is 10.5 Å². The van der Waals surface area contributed by atoms with E-state index in [1.165, 1.54) is 0 Å². The zero-order valence-electron chi connectivity index (χ0n) is 9.16. The first-order chi connectivity index (χ1) is 7.13. The van der Waals surface area contributed by atoms with Gasteiger partial charge in [-0.2, -0.15) is 0 Å². The third-order valence-electron chi connectivity index (χ3n) is 2.59. The monoisotopic (exact) mass is 202 g/mol. The van der Waals surface area contributed by atoms with Gasteiger partial charge in [0.2, 0.25) is 0 Å². The lowest BCUT2D eigenvalue weighted by molar-refractivity contribution is 0.412. The summed E-state index contributed by atoms with van der Waals surface area (Å²) in [5, 5.41) is 1.05. The number of nitrogens with two attached hydrogens (primary N) is 1. The van der Waals surface area contributed by atoms with E-state index in [0.717, 1.165) is 27.9 Å². The molecule has 0 bridgehead atoms. The minimum atomic E-state index is 0.663. The minimum absolute atomic E-state index is 0.663. The van der Waals surface area contributed by atoms with Gasteiger partial charge >= 0.3 is 0 Å². The Hall–Kier alpha value is -1.77. The number of methoxy groups -OCH3 is 1. The number of fused-ring (bicyclic) bond motifs is 1. The number of nitrogen functional groups attached to an aromatic ring is 1. The largest absolute Gasteiger partial charge is 0.496 e. The van der Waals surface area contributed by atoms with Crippen molar-refractivity contribution in [2.24, 2.45) is 0 Å². The maximum atomic E-state index is 5.93. The number of hydrogen-bond acceptors (Lipinski definition) is 3. The van der Waals surface area contributed by atoms with E-state index in [0.29, 0.717) is 5.69 Å². The molecule has 0 aliphatic carbocycles. The number of pyridine rings is 1.